The van der Waals surface area contributed by atoms with Gasteiger partial charge in [-0.05, 0) is 18.6 Å². The van der Waals surface area contributed by atoms with Crippen LogP contribution < -0.4 is 10.8 Å². The lowest BCUT2D eigenvalue weighted by atomic mass is 10.1. The van der Waals surface area contributed by atoms with Gasteiger partial charge in [0.2, 0.25) is 0 Å². The molecule has 22 heavy (non-hydrogen) atoms. The normalized spacial score (nSPS) is 11.5. The summed E-state index contributed by atoms with van der Waals surface area (Å²) in [4.78, 5) is 32.0. The van der Waals surface area contributed by atoms with Crippen molar-refractivity contribution in [3.05, 3.63) is 17.3 Å². The molecule has 1 aromatic rings. The molecule has 0 aliphatic carbocycles. The highest BCUT2D eigenvalue weighted by Crippen LogP contribution is 2.23. The van der Waals surface area contributed by atoms with Gasteiger partial charge in [-0.15, -0.1) is 0 Å². The molecule has 1 rings (SSSR count). The van der Waals surface area contributed by atoms with Crippen molar-refractivity contribution in [1.29, 1.82) is 0 Å². The second-order valence-corrected chi connectivity index (χ2v) is 4.56. The van der Waals surface area contributed by atoms with Gasteiger partial charge in [0.15, 0.2) is 5.82 Å². The number of halogens is 1. The Morgan fingerprint density at radius 2 is 2.00 bits per heavy atom. The molecule has 1 heterocycles. The average Bonchev–Trinajstić information content (AvgIpc) is 2.52. The minimum Gasteiger partial charge on any atom is -0.469 e. The predicted molar refractivity (Wildman–Crippen MR) is 80.6 cm³/mol. The van der Waals surface area contributed by atoms with E-state index in [9.17, 15) is 9.59 Å². The lowest BCUT2D eigenvalue weighted by Gasteiger charge is -2.18. The number of rotatable bonds is 8. The van der Waals surface area contributed by atoms with E-state index in [1.165, 1.54) is 21.3 Å². The van der Waals surface area contributed by atoms with E-state index in [-0.39, 0.29) is 18.0 Å². The smallest absolute Gasteiger partial charge is 0.328 e. The third-order valence-electron chi connectivity index (χ3n) is 2.73. The molecule has 2 N–H and O–H groups in total. The van der Waals surface area contributed by atoms with Crippen LogP contribution >= 0.6 is 11.6 Å². The molecule has 0 aliphatic rings. The first-order valence-electron chi connectivity index (χ1n) is 6.38. The molecule has 0 saturated carbocycles. The van der Waals surface area contributed by atoms with Crippen molar-refractivity contribution in [2.45, 2.75) is 18.9 Å². The Balaban J connectivity index is 2.90. The second kappa shape index (κ2) is 9.06. The van der Waals surface area contributed by atoms with Gasteiger partial charge in [-0.2, -0.15) is 0 Å². The van der Waals surface area contributed by atoms with Gasteiger partial charge in [-0.1, -0.05) is 11.6 Å². The zero-order chi connectivity index (χ0) is 16.5. The van der Waals surface area contributed by atoms with E-state index >= 15 is 0 Å². The molecular formula is C13H18ClN3O5. The van der Waals surface area contributed by atoms with E-state index in [2.05, 4.69) is 20.5 Å². The molecule has 1 aromatic heterocycles. The van der Waals surface area contributed by atoms with E-state index in [1.807, 2.05) is 0 Å². The van der Waals surface area contributed by atoms with Gasteiger partial charge >= 0.3 is 11.9 Å². The van der Waals surface area contributed by atoms with Crippen LogP contribution in [0.3, 0.4) is 0 Å². The summed E-state index contributed by atoms with van der Waals surface area (Å²) in [5, 5.41) is 3.12. The number of hydrogen-bond donors (Lipinski definition) is 2. The van der Waals surface area contributed by atoms with E-state index in [4.69, 9.17) is 21.2 Å². The van der Waals surface area contributed by atoms with Gasteiger partial charge in [0.05, 0.1) is 21.3 Å². The summed E-state index contributed by atoms with van der Waals surface area (Å²) in [6.07, 6.45) is 0.233. The SMILES string of the molecule is CONc1ccc(Cl)nc1N[C@@H](CCC(=O)OC)C(=O)OC. The summed E-state index contributed by atoms with van der Waals surface area (Å²) in [6, 6.07) is 2.42. The number of pyridine rings is 1. The van der Waals surface area contributed by atoms with Crippen molar-refractivity contribution in [3.63, 3.8) is 0 Å². The summed E-state index contributed by atoms with van der Waals surface area (Å²) >= 11 is 5.85. The minimum atomic E-state index is -0.785. The van der Waals surface area contributed by atoms with Crippen LogP contribution in [0.5, 0.6) is 0 Å². The maximum atomic E-state index is 11.8. The number of nitrogens with one attached hydrogen (secondary N) is 2. The number of carbonyl (C=O) groups is 2. The number of methoxy groups -OCH3 is 2. The number of carbonyl (C=O) groups excluding carboxylic acids is 2. The Hall–Kier alpha value is -2.06. The Labute approximate surface area is 133 Å². The highest BCUT2D eigenvalue weighted by molar-refractivity contribution is 6.29. The molecule has 0 radical (unpaired) electrons. The third-order valence-corrected chi connectivity index (χ3v) is 2.95. The number of aromatic nitrogens is 1. The molecule has 0 amide bonds. The van der Waals surface area contributed by atoms with E-state index in [1.54, 1.807) is 12.1 Å². The Bertz CT molecular complexity index is 526. The molecule has 122 valence electrons. The van der Waals surface area contributed by atoms with Crippen LogP contribution in [0.4, 0.5) is 11.5 Å². The van der Waals surface area contributed by atoms with E-state index in [0.717, 1.165) is 0 Å². The van der Waals surface area contributed by atoms with Crippen molar-refractivity contribution in [1.82, 2.24) is 4.98 Å². The molecule has 0 saturated heterocycles. The molecule has 0 spiro atoms. The lowest BCUT2D eigenvalue weighted by Crippen LogP contribution is -2.32. The summed E-state index contributed by atoms with van der Waals surface area (Å²) < 4.78 is 9.27. The first-order chi connectivity index (χ1) is 10.5. The van der Waals surface area contributed by atoms with E-state index in [0.29, 0.717) is 11.5 Å². The molecule has 0 fully saturated rings. The summed E-state index contributed by atoms with van der Waals surface area (Å²) in [5.41, 5.74) is 3.10. The highest BCUT2D eigenvalue weighted by Gasteiger charge is 2.22. The Morgan fingerprint density at radius 1 is 1.27 bits per heavy atom. The zero-order valence-electron chi connectivity index (χ0n) is 12.5. The summed E-state index contributed by atoms with van der Waals surface area (Å²) in [7, 11) is 3.98. The molecule has 8 nitrogen and oxygen atoms in total. The first kappa shape index (κ1) is 18.0. The van der Waals surface area contributed by atoms with Crippen molar-refractivity contribution in [2.75, 3.05) is 32.1 Å². The molecule has 0 bridgehead atoms. The summed E-state index contributed by atoms with van der Waals surface area (Å²) in [5.74, 6) is -0.659. The molecule has 0 unspecified atom stereocenters. The second-order valence-electron chi connectivity index (χ2n) is 4.17. The van der Waals surface area contributed by atoms with Gasteiger partial charge in [0, 0.05) is 6.42 Å². The number of nitrogens with zero attached hydrogens (tertiary/aromatic N) is 1. The van der Waals surface area contributed by atoms with Crippen LogP contribution in [-0.2, 0) is 23.9 Å². The molecular weight excluding hydrogens is 314 g/mol. The zero-order valence-corrected chi connectivity index (χ0v) is 13.3. The fourth-order valence-corrected chi connectivity index (χ4v) is 1.81. The minimum absolute atomic E-state index is 0.0525. The predicted octanol–water partition coefficient (Wildman–Crippen LogP) is 1.61. The number of esters is 2. The van der Waals surface area contributed by atoms with Gasteiger partial charge in [-0.3, -0.25) is 15.1 Å². The van der Waals surface area contributed by atoms with E-state index < -0.39 is 18.0 Å². The topological polar surface area (TPSA) is 98.8 Å². The van der Waals surface area contributed by atoms with Gasteiger partial charge in [-0.25, -0.2) is 9.78 Å². The number of ether oxygens (including phenoxy) is 2. The average molecular weight is 332 g/mol. The standard InChI is InChI=1S/C13H18ClN3O5/c1-20-11(18)7-5-9(13(19)21-2)15-12-8(17-22-3)4-6-10(14)16-12/h4,6,9,17H,5,7H2,1-3H3,(H,15,16)/t9-/m0/s1. The number of anilines is 2. The molecule has 0 aromatic carbocycles. The quantitative estimate of drug-likeness (QED) is 0.421. The van der Waals surface area contributed by atoms with Crippen molar-refractivity contribution < 1.29 is 23.9 Å². The monoisotopic (exact) mass is 331 g/mol. The molecule has 9 heteroatoms. The maximum Gasteiger partial charge on any atom is 0.328 e. The number of hydrogen-bond acceptors (Lipinski definition) is 8. The van der Waals surface area contributed by atoms with Gasteiger partial charge in [0.25, 0.3) is 0 Å². The highest BCUT2D eigenvalue weighted by atomic mass is 35.5. The molecule has 1 atom stereocenters. The third kappa shape index (κ3) is 5.38. The van der Waals surface area contributed by atoms with Crippen molar-refractivity contribution in [2.24, 2.45) is 0 Å². The van der Waals surface area contributed by atoms with Crippen molar-refractivity contribution in [3.8, 4) is 0 Å². The van der Waals surface area contributed by atoms with Gasteiger partial charge < -0.3 is 14.8 Å². The lowest BCUT2D eigenvalue weighted by molar-refractivity contribution is -0.143. The molecule has 0 aliphatic heterocycles. The van der Waals surface area contributed by atoms with Crippen LogP contribution in [0.1, 0.15) is 12.8 Å². The van der Waals surface area contributed by atoms with Crippen LogP contribution in [0, 0.1) is 0 Å². The first-order valence-corrected chi connectivity index (χ1v) is 6.76. The summed E-state index contributed by atoms with van der Waals surface area (Å²) in [6.45, 7) is 0. The van der Waals surface area contributed by atoms with Crippen LogP contribution in [0.25, 0.3) is 0 Å². The van der Waals surface area contributed by atoms with Crippen molar-refractivity contribution >= 4 is 35.0 Å². The fourth-order valence-electron chi connectivity index (χ4n) is 1.66. The van der Waals surface area contributed by atoms with Crippen LogP contribution in [0.15, 0.2) is 12.1 Å². The Kier molecular flexibility index (Phi) is 7.41. The van der Waals surface area contributed by atoms with Crippen LogP contribution in [-0.4, -0.2) is 44.3 Å². The fraction of sp³-hybridized carbons (Fsp3) is 0.462. The van der Waals surface area contributed by atoms with Crippen LogP contribution in [0.2, 0.25) is 5.15 Å². The maximum absolute atomic E-state index is 11.8. The largest absolute Gasteiger partial charge is 0.469 e. The Morgan fingerprint density at radius 3 is 2.59 bits per heavy atom. The van der Waals surface area contributed by atoms with Gasteiger partial charge in [0.1, 0.15) is 16.9 Å².